The number of aliphatic hydroxyl groups excluding tert-OH is 1. The summed E-state index contributed by atoms with van der Waals surface area (Å²) >= 11 is 0. The summed E-state index contributed by atoms with van der Waals surface area (Å²) in [5.74, 6) is 2.14. The molecule has 0 amide bonds. The van der Waals surface area contributed by atoms with E-state index in [0.717, 1.165) is 28.5 Å². The van der Waals surface area contributed by atoms with E-state index < -0.39 is 0 Å². The minimum absolute atomic E-state index is 0.0457. The van der Waals surface area contributed by atoms with Crippen molar-refractivity contribution in [3.63, 3.8) is 0 Å². The number of ether oxygens (including phenoxy) is 2. The second-order valence-corrected chi connectivity index (χ2v) is 4.35. The first kappa shape index (κ1) is 11.9. The average Bonchev–Trinajstić information content (AvgIpc) is 2.85. The Balaban J connectivity index is 2.01. The highest BCUT2D eigenvalue weighted by Crippen LogP contribution is 2.35. The molecule has 1 aliphatic rings. The van der Waals surface area contributed by atoms with E-state index in [2.05, 4.69) is 9.97 Å². The van der Waals surface area contributed by atoms with Crippen molar-refractivity contribution in [1.29, 1.82) is 0 Å². The van der Waals surface area contributed by atoms with Crippen LogP contribution in [0.2, 0.25) is 0 Å². The number of aliphatic hydroxyl groups is 1. The van der Waals surface area contributed by atoms with Crippen LogP contribution < -0.4 is 9.47 Å². The minimum Gasteiger partial charge on any atom is -0.454 e. The Morgan fingerprint density at radius 3 is 2.84 bits per heavy atom. The fraction of sp³-hybridized carbons (Fsp3) is 0.286. The monoisotopic (exact) mass is 258 g/mol. The lowest BCUT2D eigenvalue weighted by atomic mass is 10.1. The zero-order valence-corrected chi connectivity index (χ0v) is 10.6. The van der Waals surface area contributed by atoms with E-state index in [4.69, 9.17) is 14.6 Å². The van der Waals surface area contributed by atoms with Crippen LogP contribution in [0.25, 0.3) is 11.3 Å². The number of aryl methyl sites for hydroxylation is 1. The molecule has 0 radical (unpaired) electrons. The second-order valence-electron chi connectivity index (χ2n) is 4.35. The Bertz CT molecular complexity index is 614. The van der Waals surface area contributed by atoms with Gasteiger partial charge in [-0.15, -0.1) is 0 Å². The van der Waals surface area contributed by atoms with E-state index in [1.165, 1.54) is 0 Å². The molecule has 0 fully saturated rings. The molecule has 5 nitrogen and oxygen atoms in total. The van der Waals surface area contributed by atoms with Gasteiger partial charge in [0.25, 0.3) is 0 Å². The van der Waals surface area contributed by atoms with Crippen molar-refractivity contribution in [2.45, 2.75) is 13.3 Å². The highest BCUT2D eigenvalue weighted by molar-refractivity contribution is 5.64. The average molecular weight is 258 g/mol. The van der Waals surface area contributed by atoms with Crippen molar-refractivity contribution in [3.05, 3.63) is 35.8 Å². The molecule has 0 saturated heterocycles. The molecular weight excluding hydrogens is 244 g/mol. The van der Waals surface area contributed by atoms with Gasteiger partial charge >= 0.3 is 0 Å². The predicted molar refractivity (Wildman–Crippen MR) is 69.1 cm³/mol. The Morgan fingerprint density at radius 2 is 2.00 bits per heavy atom. The Hall–Kier alpha value is -2.14. The van der Waals surface area contributed by atoms with Crippen LogP contribution in [0.3, 0.4) is 0 Å². The van der Waals surface area contributed by atoms with Gasteiger partial charge in [0.2, 0.25) is 6.79 Å². The fourth-order valence-electron chi connectivity index (χ4n) is 2.05. The highest BCUT2D eigenvalue weighted by atomic mass is 16.7. The summed E-state index contributed by atoms with van der Waals surface area (Å²) in [7, 11) is 0. The van der Waals surface area contributed by atoms with Gasteiger partial charge in [-0.3, -0.25) is 0 Å². The highest BCUT2D eigenvalue weighted by Gasteiger charge is 2.14. The zero-order chi connectivity index (χ0) is 13.2. The normalized spacial score (nSPS) is 12.7. The van der Waals surface area contributed by atoms with E-state index in [1.807, 2.05) is 31.2 Å². The summed E-state index contributed by atoms with van der Waals surface area (Å²) in [4.78, 5) is 8.75. The zero-order valence-electron chi connectivity index (χ0n) is 10.6. The van der Waals surface area contributed by atoms with E-state index in [1.54, 1.807) is 0 Å². The molecule has 5 heteroatoms. The number of fused-ring (bicyclic) bond motifs is 1. The molecule has 1 N–H and O–H groups in total. The fourth-order valence-corrected chi connectivity index (χ4v) is 2.05. The molecule has 3 rings (SSSR count). The number of rotatable bonds is 3. The van der Waals surface area contributed by atoms with Gasteiger partial charge in [-0.25, -0.2) is 9.97 Å². The van der Waals surface area contributed by atoms with Crippen LogP contribution in [0.4, 0.5) is 0 Å². The minimum atomic E-state index is 0.0457. The third-order valence-electron chi connectivity index (χ3n) is 2.90. The molecule has 0 saturated carbocycles. The van der Waals surface area contributed by atoms with Crippen molar-refractivity contribution < 1.29 is 14.6 Å². The number of aromatic nitrogens is 2. The van der Waals surface area contributed by atoms with Gasteiger partial charge in [0.15, 0.2) is 11.5 Å². The largest absolute Gasteiger partial charge is 0.454 e. The molecule has 1 aromatic heterocycles. The van der Waals surface area contributed by atoms with Crippen LogP contribution in [0.1, 0.15) is 11.5 Å². The maximum absolute atomic E-state index is 8.98. The van der Waals surface area contributed by atoms with Crippen molar-refractivity contribution in [1.82, 2.24) is 9.97 Å². The first-order chi connectivity index (χ1) is 9.26. The standard InChI is InChI=1S/C14H14N2O3/c1-9-6-11(16-14(15-9)4-5-17)10-2-3-12-13(7-10)19-8-18-12/h2-3,6-7,17H,4-5,8H2,1H3. The first-order valence-corrected chi connectivity index (χ1v) is 6.12. The molecule has 1 aliphatic heterocycles. The maximum Gasteiger partial charge on any atom is 0.231 e. The SMILES string of the molecule is Cc1cc(-c2ccc3c(c2)OCO3)nc(CCO)n1. The maximum atomic E-state index is 8.98. The lowest BCUT2D eigenvalue weighted by Crippen LogP contribution is -2.01. The Morgan fingerprint density at radius 1 is 1.16 bits per heavy atom. The van der Waals surface area contributed by atoms with Crippen molar-refractivity contribution in [2.24, 2.45) is 0 Å². The van der Waals surface area contributed by atoms with Crippen LogP contribution in [0, 0.1) is 6.92 Å². The van der Waals surface area contributed by atoms with E-state index >= 15 is 0 Å². The molecule has 1 aromatic carbocycles. The van der Waals surface area contributed by atoms with Crippen molar-refractivity contribution >= 4 is 0 Å². The Labute approximate surface area is 110 Å². The van der Waals surface area contributed by atoms with Gasteiger partial charge < -0.3 is 14.6 Å². The van der Waals surface area contributed by atoms with Gasteiger partial charge in [0.1, 0.15) is 5.82 Å². The second kappa shape index (κ2) is 4.85. The molecule has 0 unspecified atom stereocenters. The lowest BCUT2D eigenvalue weighted by molar-refractivity contribution is 0.174. The van der Waals surface area contributed by atoms with Crippen molar-refractivity contribution in [2.75, 3.05) is 13.4 Å². The van der Waals surface area contributed by atoms with Crippen LogP contribution in [0.5, 0.6) is 11.5 Å². The summed E-state index contributed by atoms with van der Waals surface area (Å²) in [6.07, 6.45) is 0.458. The topological polar surface area (TPSA) is 64.5 Å². The molecule has 0 aliphatic carbocycles. The molecule has 2 heterocycles. The van der Waals surface area contributed by atoms with Crippen LogP contribution in [0.15, 0.2) is 24.3 Å². The van der Waals surface area contributed by atoms with Gasteiger partial charge in [0, 0.05) is 17.7 Å². The molecule has 19 heavy (non-hydrogen) atoms. The van der Waals surface area contributed by atoms with Gasteiger partial charge in [-0.1, -0.05) is 0 Å². The van der Waals surface area contributed by atoms with E-state index in [9.17, 15) is 0 Å². The molecule has 0 spiro atoms. The third kappa shape index (κ3) is 2.37. The van der Waals surface area contributed by atoms with E-state index in [0.29, 0.717) is 12.2 Å². The van der Waals surface area contributed by atoms with Gasteiger partial charge in [-0.05, 0) is 31.2 Å². The molecular formula is C14H14N2O3. The number of hydrogen-bond acceptors (Lipinski definition) is 5. The molecule has 0 atom stereocenters. The molecule has 2 aromatic rings. The number of hydrogen-bond donors (Lipinski definition) is 1. The van der Waals surface area contributed by atoms with Gasteiger partial charge in [0.05, 0.1) is 12.3 Å². The summed E-state index contributed by atoms with van der Waals surface area (Å²) in [5.41, 5.74) is 2.66. The van der Waals surface area contributed by atoms with Crippen LogP contribution >= 0.6 is 0 Å². The summed E-state index contributed by atoms with van der Waals surface area (Å²) in [6.45, 7) is 2.22. The van der Waals surface area contributed by atoms with E-state index in [-0.39, 0.29) is 13.4 Å². The third-order valence-corrected chi connectivity index (χ3v) is 2.90. The summed E-state index contributed by atoms with van der Waals surface area (Å²) < 4.78 is 10.7. The van der Waals surface area contributed by atoms with Gasteiger partial charge in [-0.2, -0.15) is 0 Å². The van der Waals surface area contributed by atoms with Crippen LogP contribution in [-0.4, -0.2) is 28.5 Å². The Kier molecular flexibility index (Phi) is 3.05. The quantitative estimate of drug-likeness (QED) is 0.908. The summed E-state index contributed by atoms with van der Waals surface area (Å²) in [6, 6.07) is 7.64. The predicted octanol–water partition coefficient (Wildman–Crippen LogP) is 1.72. The van der Waals surface area contributed by atoms with Crippen LogP contribution in [-0.2, 0) is 6.42 Å². The summed E-state index contributed by atoms with van der Waals surface area (Å²) in [5, 5.41) is 8.98. The number of benzene rings is 1. The lowest BCUT2D eigenvalue weighted by Gasteiger charge is -2.06. The van der Waals surface area contributed by atoms with Crippen molar-refractivity contribution in [3.8, 4) is 22.8 Å². The first-order valence-electron chi connectivity index (χ1n) is 6.12. The number of nitrogens with zero attached hydrogens (tertiary/aromatic N) is 2. The molecule has 98 valence electrons. The smallest absolute Gasteiger partial charge is 0.231 e. The molecule has 0 bridgehead atoms.